The van der Waals surface area contributed by atoms with Crippen molar-refractivity contribution in [2.45, 2.75) is 25.5 Å². The molecule has 1 fully saturated rings. The molecular formula is C22H25N2O2S+. The van der Waals surface area contributed by atoms with Gasteiger partial charge in [-0.3, -0.25) is 4.79 Å². The normalized spacial score (nSPS) is 17.9. The van der Waals surface area contributed by atoms with Gasteiger partial charge in [0.15, 0.2) is 6.54 Å². The lowest BCUT2D eigenvalue weighted by Crippen LogP contribution is -3.12. The molecule has 1 aliphatic rings. The van der Waals surface area contributed by atoms with Crippen molar-refractivity contribution < 1.29 is 14.4 Å². The van der Waals surface area contributed by atoms with Crippen molar-refractivity contribution in [1.82, 2.24) is 0 Å². The van der Waals surface area contributed by atoms with Gasteiger partial charge in [-0.1, -0.05) is 42.5 Å². The van der Waals surface area contributed by atoms with E-state index in [4.69, 9.17) is 4.74 Å². The van der Waals surface area contributed by atoms with Crippen molar-refractivity contribution >= 4 is 33.7 Å². The predicted molar refractivity (Wildman–Crippen MR) is 110 cm³/mol. The Labute approximate surface area is 163 Å². The van der Waals surface area contributed by atoms with E-state index in [2.05, 4.69) is 35.0 Å². The Kier molecular flexibility index (Phi) is 5.82. The molecule has 2 heterocycles. The lowest BCUT2D eigenvalue weighted by Gasteiger charge is -2.21. The zero-order valence-electron chi connectivity index (χ0n) is 15.3. The van der Waals surface area contributed by atoms with Gasteiger partial charge in [0, 0.05) is 17.7 Å². The molecule has 3 aromatic rings. The van der Waals surface area contributed by atoms with Gasteiger partial charge in [0.1, 0.15) is 19.2 Å². The second-order valence-electron chi connectivity index (χ2n) is 7.10. The van der Waals surface area contributed by atoms with E-state index in [0.717, 1.165) is 49.0 Å². The van der Waals surface area contributed by atoms with Gasteiger partial charge < -0.3 is 15.0 Å². The summed E-state index contributed by atoms with van der Waals surface area (Å²) in [5.74, 6) is 0.0518. The van der Waals surface area contributed by atoms with Gasteiger partial charge in [-0.15, -0.1) is 11.3 Å². The first-order chi connectivity index (χ1) is 13.3. The molecule has 140 valence electrons. The molecule has 0 aliphatic carbocycles. The van der Waals surface area contributed by atoms with E-state index >= 15 is 0 Å². The molecule has 1 saturated heterocycles. The molecule has 4 nitrogen and oxygen atoms in total. The minimum absolute atomic E-state index is 0.0518. The summed E-state index contributed by atoms with van der Waals surface area (Å²) in [6.07, 6.45) is 2.49. The smallest absolute Gasteiger partial charge is 0.279 e. The number of carbonyl (C=O) groups is 1. The molecule has 0 spiro atoms. The molecule has 2 aromatic carbocycles. The zero-order chi connectivity index (χ0) is 18.5. The molecule has 1 unspecified atom stereocenters. The van der Waals surface area contributed by atoms with Crippen LogP contribution in [-0.2, 0) is 16.1 Å². The zero-order valence-corrected chi connectivity index (χ0v) is 16.1. The Balaban J connectivity index is 1.45. The van der Waals surface area contributed by atoms with Crippen molar-refractivity contribution in [3.05, 3.63) is 64.9 Å². The van der Waals surface area contributed by atoms with E-state index in [1.807, 2.05) is 30.3 Å². The van der Waals surface area contributed by atoms with Gasteiger partial charge in [-0.05, 0) is 35.7 Å². The first kappa shape index (κ1) is 18.2. The monoisotopic (exact) mass is 381 g/mol. The summed E-state index contributed by atoms with van der Waals surface area (Å²) in [7, 11) is 0. The van der Waals surface area contributed by atoms with Crippen LogP contribution in [0.5, 0.6) is 0 Å². The van der Waals surface area contributed by atoms with Gasteiger partial charge in [-0.25, -0.2) is 0 Å². The summed E-state index contributed by atoms with van der Waals surface area (Å²) in [5, 5.41) is 7.43. The number of ether oxygens (including phenoxy) is 1. The summed E-state index contributed by atoms with van der Waals surface area (Å²) in [4.78, 5) is 15.4. The number of rotatable bonds is 7. The number of hydrogen-bond acceptors (Lipinski definition) is 3. The second-order valence-corrected chi connectivity index (χ2v) is 8.13. The highest BCUT2D eigenvalue weighted by molar-refractivity contribution is 7.09. The number of hydrogen-bond donors (Lipinski definition) is 2. The summed E-state index contributed by atoms with van der Waals surface area (Å²) in [5.41, 5.74) is 0.880. The molecule has 0 bridgehead atoms. The van der Waals surface area contributed by atoms with E-state index in [0.29, 0.717) is 6.54 Å². The molecule has 1 amide bonds. The van der Waals surface area contributed by atoms with E-state index in [9.17, 15) is 4.79 Å². The number of amides is 1. The molecule has 1 aliphatic heterocycles. The average molecular weight is 382 g/mol. The number of thiophene rings is 1. The van der Waals surface area contributed by atoms with Crippen LogP contribution >= 0.6 is 11.3 Å². The van der Waals surface area contributed by atoms with Crippen molar-refractivity contribution in [2.75, 3.05) is 25.0 Å². The fourth-order valence-corrected chi connectivity index (χ4v) is 4.53. The molecular weight excluding hydrogens is 356 g/mol. The van der Waals surface area contributed by atoms with Gasteiger partial charge in [0.2, 0.25) is 0 Å². The molecule has 5 heteroatoms. The molecule has 0 saturated carbocycles. The van der Waals surface area contributed by atoms with Crippen LogP contribution in [0, 0.1) is 0 Å². The van der Waals surface area contributed by atoms with Crippen LogP contribution in [0.15, 0.2) is 60.0 Å². The van der Waals surface area contributed by atoms with E-state index in [-0.39, 0.29) is 12.0 Å². The van der Waals surface area contributed by atoms with Crippen LogP contribution in [0.1, 0.15) is 17.7 Å². The first-order valence-electron chi connectivity index (χ1n) is 9.53. The summed E-state index contributed by atoms with van der Waals surface area (Å²) in [6.45, 7) is 3.03. The molecule has 0 radical (unpaired) electrons. The topological polar surface area (TPSA) is 42.8 Å². The summed E-state index contributed by atoms with van der Waals surface area (Å²) in [6, 6.07) is 18.4. The third-order valence-electron chi connectivity index (χ3n) is 5.02. The Morgan fingerprint density at radius 1 is 1.15 bits per heavy atom. The van der Waals surface area contributed by atoms with E-state index < -0.39 is 0 Å². The fraction of sp³-hybridized carbons (Fsp3) is 0.318. The molecule has 2 N–H and O–H groups in total. The van der Waals surface area contributed by atoms with Crippen LogP contribution < -0.4 is 10.2 Å². The second kappa shape index (κ2) is 8.65. The van der Waals surface area contributed by atoms with Crippen LogP contribution in [0.2, 0.25) is 0 Å². The lowest BCUT2D eigenvalue weighted by molar-refractivity contribution is -0.908. The number of anilines is 1. The molecule has 2 atom stereocenters. The van der Waals surface area contributed by atoms with Gasteiger partial charge >= 0.3 is 0 Å². The van der Waals surface area contributed by atoms with Crippen LogP contribution in [0.25, 0.3) is 10.8 Å². The summed E-state index contributed by atoms with van der Waals surface area (Å²) >= 11 is 1.75. The maximum absolute atomic E-state index is 12.8. The third-order valence-corrected chi connectivity index (χ3v) is 5.90. The first-order valence-corrected chi connectivity index (χ1v) is 10.4. The Morgan fingerprint density at radius 2 is 2.04 bits per heavy atom. The maximum Gasteiger partial charge on any atom is 0.279 e. The average Bonchev–Trinajstić information content (AvgIpc) is 3.36. The number of benzene rings is 2. The molecule has 27 heavy (non-hydrogen) atoms. The SMILES string of the molecule is O=C(C[NH+](Cc1cccs1)C[C@@H]1CCCO1)Nc1cccc2ccccc12. The Bertz CT molecular complexity index is 883. The third kappa shape index (κ3) is 4.75. The van der Waals surface area contributed by atoms with Gasteiger partial charge in [-0.2, -0.15) is 0 Å². The largest absolute Gasteiger partial charge is 0.372 e. The van der Waals surface area contributed by atoms with Crippen LogP contribution in [0.3, 0.4) is 0 Å². The summed E-state index contributed by atoms with van der Waals surface area (Å²) < 4.78 is 5.81. The Hall–Kier alpha value is -2.21. The van der Waals surface area contributed by atoms with Crippen molar-refractivity contribution in [3.8, 4) is 0 Å². The van der Waals surface area contributed by atoms with Crippen LogP contribution in [0.4, 0.5) is 5.69 Å². The highest BCUT2D eigenvalue weighted by Gasteiger charge is 2.24. The van der Waals surface area contributed by atoms with Crippen molar-refractivity contribution in [2.24, 2.45) is 0 Å². The maximum atomic E-state index is 12.8. The lowest BCUT2D eigenvalue weighted by atomic mass is 10.1. The minimum Gasteiger partial charge on any atom is -0.372 e. The number of fused-ring (bicyclic) bond motifs is 1. The highest BCUT2D eigenvalue weighted by Crippen LogP contribution is 2.22. The number of carbonyl (C=O) groups excluding carboxylic acids is 1. The fourth-order valence-electron chi connectivity index (χ4n) is 3.75. The minimum atomic E-state index is 0.0518. The standard InChI is InChI=1S/C22H24N2O2S/c25-22(23-21-11-3-7-17-6-1-2-10-20(17)21)16-24(14-18-8-4-12-26-18)15-19-9-5-13-27-19/h1-3,5-7,9-11,13,18H,4,8,12,14-16H2,(H,23,25)/p+1/t18-/m0/s1. The Morgan fingerprint density at radius 3 is 2.85 bits per heavy atom. The van der Waals surface area contributed by atoms with Crippen LogP contribution in [-0.4, -0.2) is 31.7 Å². The van der Waals surface area contributed by atoms with Crippen molar-refractivity contribution in [1.29, 1.82) is 0 Å². The van der Waals surface area contributed by atoms with Gasteiger partial charge in [0.25, 0.3) is 5.91 Å². The quantitative estimate of drug-likeness (QED) is 0.660. The molecule has 1 aromatic heterocycles. The predicted octanol–water partition coefficient (Wildman–Crippen LogP) is 3.10. The van der Waals surface area contributed by atoms with Crippen molar-refractivity contribution in [3.63, 3.8) is 0 Å². The molecule has 4 rings (SSSR count). The highest BCUT2D eigenvalue weighted by atomic mass is 32.1. The number of quaternary nitrogens is 1. The number of nitrogens with one attached hydrogen (secondary N) is 2. The van der Waals surface area contributed by atoms with E-state index in [1.54, 1.807) is 11.3 Å². The van der Waals surface area contributed by atoms with E-state index in [1.165, 1.54) is 9.78 Å². The van der Waals surface area contributed by atoms with Gasteiger partial charge in [0.05, 0.1) is 4.88 Å².